The van der Waals surface area contributed by atoms with Crippen molar-refractivity contribution in [3.8, 4) is 0 Å². The number of rotatable bonds is 0. The van der Waals surface area contributed by atoms with E-state index in [0.717, 1.165) is 30.6 Å². The number of aliphatic hydroxyl groups excluding tert-OH is 2. The normalized spacial score (nSPS) is 59.2. The van der Waals surface area contributed by atoms with Gasteiger partial charge in [0.25, 0.3) is 0 Å². The van der Waals surface area contributed by atoms with Gasteiger partial charge >= 0.3 is 0 Å². The highest BCUT2D eigenvalue weighted by Crippen LogP contribution is 2.65. The average molecular weight is 290 g/mol. The predicted molar refractivity (Wildman–Crippen MR) is 83.6 cm³/mol. The Balaban J connectivity index is 1.67. The van der Waals surface area contributed by atoms with Gasteiger partial charge in [0.1, 0.15) is 0 Å². The molecule has 0 amide bonds. The molecule has 8 atom stereocenters. The Kier molecular flexibility index (Phi) is 3.11. The summed E-state index contributed by atoms with van der Waals surface area (Å²) in [6, 6.07) is 0. The number of hydrogen-bond donors (Lipinski definition) is 2. The summed E-state index contributed by atoms with van der Waals surface area (Å²) in [4.78, 5) is 0. The van der Waals surface area contributed by atoms with Crippen LogP contribution in [-0.2, 0) is 0 Å². The van der Waals surface area contributed by atoms with E-state index in [4.69, 9.17) is 0 Å². The van der Waals surface area contributed by atoms with E-state index in [9.17, 15) is 10.2 Å². The third-order valence-electron chi connectivity index (χ3n) is 8.12. The minimum Gasteiger partial charge on any atom is -0.393 e. The molecule has 118 valence electrons. The molecule has 0 aliphatic heterocycles. The van der Waals surface area contributed by atoms with Gasteiger partial charge < -0.3 is 10.2 Å². The predicted octanol–water partition coefficient (Wildman–Crippen LogP) is 3.53. The first-order chi connectivity index (χ1) is 9.95. The van der Waals surface area contributed by atoms with E-state index >= 15 is 0 Å². The van der Waals surface area contributed by atoms with Gasteiger partial charge in [-0.25, -0.2) is 0 Å². The first kappa shape index (κ1) is 14.3. The van der Waals surface area contributed by atoms with Gasteiger partial charge in [0.2, 0.25) is 0 Å². The van der Waals surface area contributed by atoms with Gasteiger partial charge in [-0.05, 0) is 79.4 Å². The molecule has 3 fully saturated rings. The molecule has 0 saturated heterocycles. The summed E-state index contributed by atoms with van der Waals surface area (Å²) in [6.07, 6.45) is 12.4. The molecular weight excluding hydrogens is 260 g/mol. The zero-order valence-corrected chi connectivity index (χ0v) is 13.5. The third kappa shape index (κ3) is 1.84. The van der Waals surface area contributed by atoms with Gasteiger partial charge in [-0.3, -0.25) is 0 Å². The summed E-state index contributed by atoms with van der Waals surface area (Å²) in [7, 11) is 0. The van der Waals surface area contributed by atoms with E-state index in [1.165, 1.54) is 32.1 Å². The zero-order valence-electron chi connectivity index (χ0n) is 13.5. The van der Waals surface area contributed by atoms with Crippen LogP contribution in [0.5, 0.6) is 0 Å². The Morgan fingerprint density at radius 1 is 0.952 bits per heavy atom. The van der Waals surface area contributed by atoms with Crippen molar-refractivity contribution >= 4 is 0 Å². The smallest absolute Gasteiger partial charge is 0.0724 e. The Morgan fingerprint density at radius 2 is 1.76 bits per heavy atom. The topological polar surface area (TPSA) is 40.5 Å². The molecule has 0 aromatic rings. The molecule has 3 saturated carbocycles. The first-order valence-corrected chi connectivity index (χ1v) is 9.00. The Labute approximate surface area is 128 Å². The summed E-state index contributed by atoms with van der Waals surface area (Å²) in [5.41, 5.74) is 0.472. The molecular formula is C19H30O2. The minimum atomic E-state index is -0.221. The molecule has 0 bridgehead atoms. The first-order valence-electron chi connectivity index (χ1n) is 9.00. The van der Waals surface area contributed by atoms with Gasteiger partial charge in [-0.2, -0.15) is 0 Å². The van der Waals surface area contributed by atoms with Crippen molar-refractivity contribution in [3.63, 3.8) is 0 Å². The standard InChI is InChI=1S/C19H30O2/c1-18-9-7-13(20)11-12(18)3-4-14-15-5-6-17(21)19(15,2)10-8-16(14)18/h7,9,12-17,20-21H,3-6,8,10-11H2,1-2H3/t12?,13-,14?,15?,16?,17-,18?,19?/m0/s1. The SMILES string of the molecule is CC12C=C[C@H](O)CC1CCC1C2CCC2(C)C1CC[C@@H]2O. The average Bonchev–Trinajstić information content (AvgIpc) is 2.76. The summed E-state index contributed by atoms with van der Waals surface area (Å²) < 4.78 is 0. The summed E-state index contributed by atoms with van der Waals surface area (Å²) in [5.74, 6) is 2.95. The van der Waals surface area contributed by atoms with Crippen molar-refractivity contribution < 1.29 is 10.2 Å². The summed E-state index contributed by atoms with van der Waals surface area (Å²) >= 11 is 0. The summed E-state index contributed by atoms with van der Waals surface area (Å²) in [5, 5.41) is 20.4. The van der Waals surface area contributed by atoms with Crippen molar-refractivity contribution in [1.82, 2.24) is 0 Å². The van der Waals surface area contributed by atoms with Crippen LogP contribution in [0.25, 0.3) is 0 Å². The van der Waals surface area contributed by atoms with E-state index < -0.39 is 0 Å². The van der Waals surface area contributed by atoms with Crippen LogP contribution in [-0.4, -0.2) is 22.4 Å². The van der Waals surface area contributed by atoms with E-state index in [1.54, 1.807) is 0 Å². The van der Waals surface area contributed by atoms with Crippen molar-refractivity contribution in [1.29, 1.82) is 0 Å². The largest absolute Gasteiger partial charge is 0.393 e. The lowest BCUT2D eigenvalue weighted by Gasteiger charge is -2.59. The molecule has 4 aliphatic carbocycles. The molecule has 0 aromatic carbocycles. The third-order valence-corrected chi connectivity index (χ3v) is 8.12. The van der Waals surface area contributed by atoms with Crippen LogP contribution in [0, 0.1) is 34.5 Å². The van der Waals surface area contributed by atoms with Crippen molar-refractivity contribution in [2.45, 2.75) is 71.0 Å². The molecule has 2 heteroatoms. The van der Waals surface area contributed by atoms with Gasteiger partial charge in [-0.1, -0.05) is 26.0 Å². The second-order valence-electron chi connectivity index (χ2n) is 8.82. The number of fused-ring (bicyclic) bond motifs is 5. The highest BCUT2D eigenvalue weighted by atomic mass is 16.3. The fourth-order valence-electron chi connectivity index (χ4n) is 6.76. The van der Waals surface area contributed by atoms with Crippen LogP contribution in [0.2, 0.25) is 0 Å². The fraction of sp³-hybridized carbons (Fsp3) is 0.895. The van der Waals surface area contributed by atoms with Crippen LogP contribution >= 0.6 is 0 Å². The molecule has 0 aromatic heterocycles. The molecule has 0 spiro atoms. The van der Waals surface area contributed by atoms with Crippen LogP contribution in [0.15, 0.2) is 12.2 Å². The van der Waals surface area contributed by atoms with E-state index in [2.05, 4.69) is 26.0 Å². The zero-order chi connectivity index (χ0) is 14.8. The lowest BCUT2D eigenvalue weighted by Crippen LogP contribution is -2.53. The van der Waals surface area contributed by atoms with E-state index in [0.29, 0.717) is 5.92 Å². The van der Waals surface area contributed by atoms with Gasteiger partial charge in [-0.15, -0.1) is 0 Å². The molecule has 2 nitrogen and oxygen atoms in total. The molecule has 0 radical (unpaired) electrons. The van der Waals surface area contributed by atoms with Crippen molar-refractivity contribution in [2.24, 2.45) is 34.5 Å². The monoisotopic (exact) mass is 290 g/mol. The molecule has 6 unspecified atom stereocenters. The highest BCUT2D eigenvalue weighted by molar-refractivity contribution is 5.17. The number of aliphatic hydroxyl groups is 2. The van der Waals surface area contributed by atoms with Crippen molar-refractivity contribution in [2.75, 3.05) is 0 Å². The van der Waals surface area contributed by atoms with Gasteiger partial charge in [0.05, 0.1) is 12.2 Å². The van der Waals surface area contributed by atoms with E-state index in [1.807, 2.05) is 0 Å². The lowest BCUT2D eigenvalue weighted by atomic mass is 9.46. The second-order valence-corrected chi connectivity index (χ2v) is 8.82. The lowest BCUT2D eigenvalue weighted by molar-refractivity contribution is -0.0994. The summed E-state index contributed by atoms with van der Waals surface area (Å²) in [6.45, 7) is 4.80. The number of hydrogen-bond acceptors (Lipinski definition) is 2. The maximum atomic E-state index is 10.5. The van der Waals surface area contributed by atoms with E-state index in [-0.39, 0.29) is 23.0 Å². The van der Waals surface area contributed by atoms with Crippen LogP contribution in [0.4, 0.5) is 0 Å². The van der Waals surface area contributed by atoms with Crippen LogP contribution in [0.3, 0.4) is 0 Å². The second kappa shape index (κ2) is 4.58. The van der Waals surface area contributed by atoms with Crippen LogP contribution in [0.1, 0.15) is 58.8 Å². The van der Waals surface area contributed by atoms with Gasteiger partial charge in [0, 0.05) is 0 Å². The minimum absolute atomic E-state index is 0.0716. The Bertz CT molecular complexity index is 458. The Morgan fingerprint density at radius 3 is 2.57 bits per heavy atom. The highest BCUT2D eigenvalue weighted by Gasteiger charge is 2.59. The quantitative estimate of drug-likeness (QED) is 0.670. The number of allylic oxidation sites excluding steroid dienone is 1. The van der Waals surface area contributed by atoms with Crippen molar-refractivity contribution in [3.05, 3.63) is 12.2 Å². The molecule has 4 rings (SSSR count). The van der Waals surface area contributed by atoms with Crippen LogP contribution < -0.4 is 0 Å². The Hall–Kier alpha value is -0.340. The van der Waals surface area contributed by atoms with Gasteiger partial charge in [0.15, 0.2) is 0 Å². The maximum Gasteiger partial charge on any atom is 0.0724 e. The molecule has 0 heterocycles. The maximum absolute atomic E-state index is 10.5. The molecule has 21 heavy (non-hydrogen) atoms. The molecule has 2 N–H and O–H groups in total. The fourth-order valence-corrected chi connectivity index (χ4v) is 6.76. The molecule has 4 aliphatic rings.